The van der Waals surface area contributed by atoms with Crippen molar-refractivity contribution in [3.8, 4) is 0 Å². The lowest BCUT2D eigenvalue weighted by atomic mass is 10.0. The molecule has 2 fully saturated rings. The molecule has 0 aromatic rings. The van der Waals surface area contributed by atoms with E-state index in [1.807, 2.05) is 0 Å². The number of halogens is 2. The van der Waals surface area contributed by atoms with Crippen molar-refractivity contribution >= 4 is 36.6 Å². The monoisotopic (exact) mass is 272 g/mol. The third-order valence-corrected chi connectivity index (χ3v) is 4.33. The first-order valence-electron chi connectivity index (χ1n) is 5.43. The van der Waals surface area contributed by atoms with Crippen LogP contribution >= 0.6 is 36.6 Å². The summed E-state index contributed by atoms with van der Waals surface area (Å²) in [6, 6.07) is 1.36. The molecule has 5 heteroatoms. The second kappa shape index (κ2) is 8.02. The maximum Gasteiger partial charge on any atom is 0.0111 e. The first kappa shape index (κ1) is 15.9. The molecule has 0 bridgehead atoms. The Kier molecular flexibility index (Phi) is 8.47. The molecule has 0 saturated carbocycles. The minimum atomic E-state index is 0. The Bertz CT molecular complexity index is 158. The number of rotatable bonds is 1. The molecule has 2 nitrogen and oxygen atoms in total. The smallest absolute Gasteiger partial charge is 0.0111 e. The summed E-state index contributed by atoms with van der Waals surface area (Å²) < 4.78 is 0. The van der Waals surface area contributed by atoms with Crippen LogP contribution in [0.1, 0.15) is 25.7 Å². The standard InChI is InChI=1S/C10H20N2S.2ClH/c11-9-1-5-12(6-2-9)10-3-7-13-8-4-10;;/h9-10H,1-8,11H2;2*1H. The second-order valence-electron chi connectivity index (χ2n) is 4.22. The summed E-state index contributed by atoms with van der Waals surface area (Å²) in [5, 5.41) is 0. The minimum absolute atomic E-state index is 0. The predicted molar refractivity (Wildman–Crippen MR) is 73.6 cm³/mol. The van der Waals surface area contributed by atoms with Gasteiger partial charge in [0.2, 0.25) is 0 Å². The quantitative estimate of drug-likeness (QED) is 0.793. The van der Waals surface area contributed by atoms with Gasteiger partial charge >= 0.3 is 0 Å². The normalized spacial score (nSPS) is 25.4. The Morgan fingerprint density at radius 1 is 0.933 bits per heavy atom. The molecule has 0 aromatic carbocycles. The molecular weight excluding hydrogens is 251 g/mol. The average Bonchev–Trinajstić information content (AvgIpc) is 2.20. The topological polar surface area (TPSA) is 29.3 Å². The fraction of sp³-hybridized carbons (Fsp3) is 1.00. The van der Waals surface area contributed by atoms with Gasteiger partial charge in [0.15, 0.2) is 0 Å². The molecule has 2 aliphatic heterocycles. The van der Waals surface area contributed by atoms with Crippen molar-refractivity contribution in [2.75, 3.05) is 24.6 Å². The second-order valence-corrected chi connectivity index (χ2v) is 5.44. The number of nitrogens with two attached hydrogens (primary N) is 1. The van der Waals surface area contributed by atoms with E-state index in [-0.39, 0.29) is 24.8 Å². The summed E-state index contributed by atoms with van der Waals surface area (Å²) in [5.74, 6) is 2.74. The molecule has 0 aliphatic carbocycles. The summed E-state index contributed by atoms with van der Waals surface area (Å²) in [7, 11) is 0. The van der Waals surface area contributed by atoms with Crippen molar-refractivity contribution in [1.29, 1.82) is 0 Å². The van der Waals surface area contributed by atoms with Gasteiger partial charge in [-0.2, -0.15) is 11.8 Å². The third-order valence-electron chi connectivity index (χ3n) is 3.28. The fourth-order valence-electron chi connectivity index (χ4n) is 2.33. The zero-order valence-corrected chi connectivity index (χ0v) is 11.5. The molecule has 2 aliphatic rings. The molecule has 2 saturated heterocycles. The molecule has 0 amide bonds. The number of thioether (sulfide) groups is 1. The van der Waals surface area contributed by atoms with Gasteiger partial charge in [-0.3, -0.25) is 0 Å². The van der Waals surface area contributed by atoms with Gasteiger partial charge in [0.25, 0.3) is 0 Å². The number of hydrogen-bond donors (Lipinski definition) is 1. The van der Waals surface area contributed by atoms with Crippen LogP contribution in [0.2, 0.25) is 0 Å². The number of hydrogen-bond acceptors (Lipinski definition) is 3. The molecule has 2 N–H and O–H groups in total. The van der Waals surface area contributed by atoms with Crippen LogP contribution < -0.4 is 5.73 Å². The third kappa shape index (κ3) is 4.70. The first-order valence-corrected chi connectivity index (χ1v) is 6.59. The summed E-state index contributed by atoms with van der Waals surface area (Å²) in [6.45, 7) is 2.49. The minimum Gasteiger partial charge on any atom is -0.328 e. The van der Waals surface area contributed by atoms with Gasteiger partial charge in [-0.25, -0.2) is 0 Å². The molecule has 0 radical (unpaired) electrons. The highest BCUT2D eigenvalue weighted by Crippen LogP contribution is 2.23. The van der Waals surface area contributed by atoms with Crippen molar-refractivity contribution < 1.29 is 0 Å². The van der Waals surface area contributed by atoms with E-state index in [1.54, 1.807) is 0 Å². The van der Waals surface area contributed by atoms with Crippen LogP contribution in [0, 0.1) is 0 Å². The van der Waals surface area contributed by atoms with E-state index in [9.17, 15) is 0 Å². The Hall–Kier alpha value is 0.850. The van der Waals surface area contributed by atoms with Crippen molar-refractivity contribution in [1.82, 2.24) is 4.90 Å². The SMILES string of the molecule is Cl.Cl.NC1CCN(C2CCSCC2)CC1. The molecule has 0 aromatic heterocycles. The van der Waals surface area contributed by atoms with E-state index in [0.717, 1.165) is 6.04 Å². The van der Waals surface area contributed by atoms with Gasteiger partial charge < -0.3 is 10.6 Å². The first-order chi connectivity index (χ1) is 6.36. The Labute approximate surface area is 110 Å². The predicted octanol–water partition coefficient (Wildman–Crippen LogP) is 2.15. The van der Waals surface area contributed by atoms with Gasteiger partial charge in [-0.1, -0.05) is 0 Å². The van der Waals surface area contributed by atoms with Crippen LogP contribution in [-0.2, 0) is 0 Å². The molecule has 0 atom stereocenters. The lowest BCUT2D eigenvalue weighted by Gasteiger charge is -2.38. The van der Waals surface area contributed by atoms with Crippen LogP contribution in [0.4, 0.5) is 0 Å². The summed E-state index contributed by atoms with van der Waals surface area (Å²) in [6.07, 6.45) is 5.23. The average molecular weight is 273 g/mol. The number of likely N-dealkylation sites (tertiary alicyclic amines) is 1. The van der Waals surface area contributed by atoms with Crippen LogP contribution in [0.5, 0.6) is 0 Å². The van der Waals surface area contributed by atoms with Gasteiger partial charge in [0, 0.05) is 12.1 Å². The largest absolute Gasteiger partial charge is 0.328 e. The van der Waals surface area contributed by atoms with Crippen LogP contribution in [0.25, 0.3) is 0 Å². The zero-order chi connectivity index (χ0) is 9.10. The Morgan fingerprint density at radius 3 is 2.00 bits per heavy atom. The van der Waals surface area contributed by atoms with Crippen molar-refractivity contribution in [3.63, 3.8) is 0 Å². The van der Waals surface area contributed by atoms with Gasteiger partial charge in [0.05, 0.1) is 0 Å². The molecule has 15 heavy (non-hydrogen) atoms. The van der Waals surface area contributed by atoms with E-state index >= 15 is 0 Å². The molecule has 0 unspecified atom stereocenters. The number of nitrogens with zero attached hydrogens (tertiary/aromatic N) is 1. The highest BCUT2D eigenvalue weighted by atomic mass is 35.5. The highest BCUT2D eigenvalue weighted by molar-refractivity contribution is 7.99. The van der Waals surface area contributed by atoms with E-state index in [1.165, 1.54) is 50.3 Å². The highest BCUT2D eigenvalue weighted by Gasteiger charge is 2.24. The molecule has 2 rings (SSSR count). The molecule has 2 heterocycles. The van der Waals surface area contributed by atoms with E-state index in [0.29, 0.717) is 6.04 Å². The van der Waals surface area contributed by atoms with Crippen LogP contribution in [-0.4, -0.2) is 41.6 Å². The summed E-state index contributed by atoms with van der Waals surface area (Å²) in [5.41, 5.74) is 5.90. The van der Waals surface area contributed by atoms with E-state index < -0.39 is 0 Å². The van der Waals surface area contributed by atoms with Gasteiger partial charge in [0.1, 0.15) is 0 Å². The summed E-state index contributed by atoms with van der Waals surface area (Å²) in [4.78, 5) is 2.67. The van der Waals surface area contributed by atoms with Gasteiger partial charge in [-0.15, -0.1) is 24.8 Å². The Balaban J connectivity index is 0.000000980. The number of piperidine rings is 1. The lowest BCUT2D eigenvalue weighted by molar-refractivity contribution is 0.145. The maximum atomic E-state index is 5.90. The molecular formula is C10H22Cl2N2S. The van der Waals surface area contributed by atoms with Crippen molar-refractivity contribution in [2.45, 2.75) is 37.8 Å². The molecule has 92 valence electrons. The fourth-order valence-corrected chi connectivity index (χ4v) is 3.42. The van der Waals surface area contributed by atoms with Crippen LogP contribution in [0.15, 0.2) is 0 Å². The lowest BCUT2D eigenvalue weighted by Crippen LogP contribution is -2.46. The van der Waals surface area contributed by atoms with E-state index in [4.69, 9.17) is 5.73 Å². The molecule has 0 spiro atoms. The van der Waals surface area contributed by atoms with Gasteiger partial charge in [-0.05, 0) is 50.3 Å². The van der Waals surface area contributed by atoms with E-state index in [2.05, 4.69) is 16.7 Å². The van der Waals surface area contributed by atoms with Crippen molar-refractivity contribution in [2.24, 2.45) is 5.73 Å². The van der Waals surface area contributed by atoms with Crippen LogP contribution in [0.3, 0.4) is 0 Å². The zero-order valence-electron chi connectivity index (χ0n) is 9.06. The van der Waals surface area contributed by atoms with Crippen molar-refractivity contribution in [3.05, 3.63) is 0 Å². The summed E-state index contributed by atoms with van der Waals surface area (Å²) >= 11 is 2.11. The maximum absolute atomic E-state index is 5.90. The Morgan fingerprint density at radius 2 is 1.47 bits per heavy atom.